The monoisotopic (exact) mass is 394 g/mol. The van der Waals surface area contributed by atoms with Crippen LogP contribution in [-0.2, 0) is 14.3 Å². The second kappa shape index (κ2) is 9.75. The molecule has 0 atom stereocenters. The summed E-state index contributed by atoms with van der Waals surface area (Å²) in [6.07, 6.45) is 1.35. The van der Waals surface area contributed by atoms with Gasteiger partial charge in [0.15, 0.2) is 12.4 Å². The first-order valence-electron chi connectivity index (χ1n) is 8.70. The van der Waals surface area contributed by atoms with E-state index in [9.17, 15) is 14.4 Å². The molecule has 0 aliphatic rings. The van der Waals surface area contributed by atoms with Crippen LogP contribution in [0.3, 0.4) is 0 Å². The van der Waals surface area contributed by atoms with Gasteiger partial charge in [0.2, 0.25) is 0 Å². The minimum absolute atomic E-state index is 0.0789. The van der Waals surface area contributed by atoms with Crippen molar-refractivity contribution in [2.24, 2.45) is 0 Å². The molecule has 0 saturated heterocycles. The van der Waals surface area contributed by atoms with Gasteiger partial charge in [-0.15, -0.1) is 0 Å². The van der Waals surface area contributed by atoms with Crippen LogP contribution in [0.1, 0.15) is 10.6 Å². The number of amides is 2. The molecule has 8 nitrogen and oxygen atoms in total. The number of furan rings is 1. The zero-order valence-corrected chi connectivity index (χ0v) is 15.3. The van der Waals surface area contributed by atoms with Crippen molar-refractivity contribution in [3.63, 3.8) is 0 Å². The fourth-order valence-corrected chi connectivity index (χ4v) is 2.27. The molecule has 2 amide bonds. The highest BCUT2D eigenvalue weighted by atomic mass is 16.5. The molecule has 0 unspecified atom stereocenters. The van der Waals surface area contributed by atoms with Gasteiger partial charge >= 0.3 is 5.97 Å². The lowest BCUT2D eigenvalue weighted by molar-refractivity contribution is -0.146. The molecular weight excluding hydrogens is 376 g/mol. The second-order valence-corrected chi connectivity index (χ2v) is 5.81. The van der Waals surface area contributed by atoms with Gasteiger partial charge in [0.1, 0.15) is 18.0 Å². The van der Waals surface area contributed by atoms with Gasteiger partial charge in [-0.25, -0.2) is 0 Å². The third kappa shape index (κ3) is 6.24. The van der Waals surface area contributed by atoms with Crippen molar-refractivity contribution in [1.82, 2.24) is 5.32 Å². The molecule has 0 fully saturated rings. The predicted octanol–water partition coefficient (Wildman–Crippen LogP) is 2.98. The van der Waals surface area contributed by atoms with E-state index in [4.69, 9.17) is 13.9 Å². The van der Waals surface area contributed by atoms with Crippen LogP contribution >= 0.6 is 0 Å². The van der Waals surface area contributed by atoms with Crippen LogP contribution in [0, 0.1) is 0 Å². The van der Waals surface area contributed by atoms with Crippen molar-refractivity contribution in [2.45, 2.75) is 0 Å². The molecule has 148 valence electrons. The standard InChI is InChI=1S/C21H18N2O6/c24-19(14-28-20(25)13-22-21(26)18-7-4-12-27-18)23-15-8-10-17(11-9-15)29-16-5-2-1-3-6-16/h1-12H,13-14H2,(H,22,26)(H,23,24). The van der Waals surface area contributed by atoms with Gasteiger partial charge in [-0.2, -0.15) is 0 Å². The summed E-state index contributed by atoms with van der Waals surface area (Å²) in [6.45, 7) is -0.851. The van der Waals surface area contributed by atoms with Gasteiger partial charge in [-0.05, 0) is 48.5 Å². The summed E-state index contributed by atoms with van der Waals surface area (Å²) in [7, 11) is 0. The molecule has 29 heavy (non-hydrogen) atoms. The van der Waals surface area contributed by atoms with E-state index in [-0.39, 0.29) is 12.3 Å². The molecule has 3 rings (SSSR count). The molecule has 8 heteroatoms. The molecule has 0 saturated carbocycles. The van der Waals surface area contributed by atoms with Crippen molar-refractivity contribution in [3.05, 3.63) is 78.8 Å². The molecule has 3 aromatic rings. The van der Waals surface area contributed by atoms with E-state index >= 15 is 0 Å². The number of rotatable bonds is 8. The molecule has 2 aromatic carbocycles. The predicted molar refractivity (Wildman–Crippen MR) is 104 cm³/mol. The number of para-hydroxylation sites is 1. The van der Waals surface area contributed by atoms with Crippen LogP contribution in [0.5, 0.6) is 11.5 Å². The van der Waals surface area contributed by atoms with Crippen LogP contribution in [-0.4, -0.2) is 30.9 Å². The molecule has 2 N–H and O–H groups in total. The average Bonchev–Trinajstić information content (AvgIpc) is 3.28. The molecule has 0 aliphatic heterocycles. The Kier molecular flexibility index (Phi) is 6.62. The molecule has 0 radical (unpaired) electrons. The third-order valence-electron chi connectivity index (χ3n) is 3.62. The highest BCUT2D eigenvalue weighted by molar-refractivity contribution is 5.95. The van der Waals surface area contributed by atoms with Gasteiger partial charge in [0.25, 0.3) is 11.8 Å². The Balaban J connectivity index is 1.38. The Morgan fingerprint density at radius 2 is 1.59 bits per heavy atom. The van der Waals surface area contributed by atoms with Crippen LogP contribution < -0.4 is 15.4 Å². The number of anilines is 1. The smallest absolute Gasteiger partial charge is 0.325 e. The maximum Gasteiger partial charge on any atom is 0.325 e. The van der Waals surface area contributed by atoms with Crippen LogP contribution in [0.15, 0.2) is 77.4 Å². The maximum absolute atomic E-state index is 11.9. The second-order valence-electron chi connectivity index (χ2n) is 5.81. The van der Waals surface area contributed by atoms with E-state index in [1.54, 1.807) is 30.3 Å². The minimum Gasteiger partial charge on any atom is -0.459 e. The first kappa shape index (κ1) is 19.7. The Bertz CT molecular complexity index is 953. The zero-order valence-electron chi connectivity index (χ0n) is 15.3. The quantitative estimate of drug-likeness (QED) is 0.569. The fourth-order valence-electron chi connectivity index (χ4n) is 2.27. The summed E-state index contributed by atoms with van der Waals surface area (Å²) in [4.78, 5) is 35.2. The highest BCUT2D eigenvalue weighted by Gasteiger charge is 2.12. The van der Waals surface area contributed by atoms with Gasteiger partial charge in [-0.3, -0.25) is 14.4 Å². The maximum atomic E-state index is 11.9. The molecule has 1 aromatic heterocycles. The Morgan fingerprint density at radius 3 is 2.28 bits per heavy atom. The SMILES string of the molecule is O=C(COC(=O)CNC(=O)c1ccco1)Nc1ccc(Oc2ccccc2)cc1. The lowest BCUT2D eigenvalue weighted by Crippen LogP contribution is -2.32. The van der Waals surface area contributed by atoms with Gasteiger partial charge in [-0.1, -0.05) is 18.2 Å². The van der Waals surface area contributed by atoms with Crippen molar-refractivity contribution >= 4 is 23.5 Å². The van der Waals surface area contributed by atoms with E-state index in [1.165, 1.54) is 12.3 Å². The summed E-state index contributed by atoms with van der Waals surface area (Å²) < 4.78 is 15.4. The van der Waals surface area contributed by atoms with Crippen LogP contribution in [0.4, 0.5) is 5.69 Å². The van der Waals surface area contributed by atoms with Crippen molar-refractivity contribution in [3.8, 4) is 11.5 Å². The van der Waals surface area contributed by atoms with Crippen molar-refractivity contribution < 1.29 is 28.3 Å². The third-order valence-corrected chi connectivity index (χ3v) is 3.62. The van der Waals surface area contributed by atoms with Crippen molar-refractivity contribution in [1.29, 1.82) is 0 Å². The molecular formula is C21H18N2O6. The number of esters is 1. The lowest BCUT2D eigenvalue weighted by Gasteiger charge is -2.09. The van der Waals surface area contributed by atoms with E-state index in [0.29, 0.717) is 17.2 Å². The van der Waals surface area contributed by atoms with Crippen LogP contribution in [0.25, 0.3) is 0 Å². The highest BCUT2D eigenvalue weighted by Crippen LogP contribution is 2.22. The number of nitrogens with one attached hydrogen (secondary N) is 2. The average molecular weight is 394 g/mol. The van der Waals surface area contributed by atoms with Crippen LogP contribution in [0.2, 0.25) is 0 Å². The minimum atomic E-state index is -0.744. The first-order valence-corrected chi connectivity index (χ1v) is 8.70. The summed E-state index contributed by atoms with van der Waals surface area (Å²) in [5.74, 6) is -0.396. The normalized spacial score (nSPS) is 10.1. The van der Waals surface area contributed by atoms with Gasteiger partial charge in [0, 0.05) is 5.69 Å². The van der Waals surface area contributed by atoms with E-state index in [1.807, 2.05) is 30.3 Å². The lowest BCUT2D eigenvalue weighted by atomic mass is 10.3. The Morgan fingerprint density at radius 1 is 0.862 bits per heavy atom. The number of hydrogen-bond acceptors (Lipinski definition) is 6. The summed E-state index contributed by atoms with van der Waals surface area (Å²) in [6, 6.07) is 19.1. The van der Waals surface area contributed by atoms with Gasteiger partial charge < -0.3 is 24.5 Å². The zero-order chi connectivity index (χ0) is 20.5. The number of carbonyl (C=O) groups is 3. The van der Waals surface area contributed by atoms with E-state index in [0.717, 1.165) is 0 Å². The largest absolute Gasteiger partial charge is 0.459 e. The molecule has 1 heterocycles. The summed E-state index contributed by atoms with van der Waals surface area (Å²) in [5.41, 5.74) is 0.526. The number of hydrogen-bond donors (Lipinski definition) is 2. The Labute approximate surface area is 166 Å². The Hall–Kier alpha value is -4.07. The van der Waals surface area contributed by atoms with Crippen molar-refractivity contribution in [2.75, 3.05) is 18.5 Å². The van der Waals surface area contributed by atoms with Gasteiger partial charge in [0.05, 0.1) is 6.26 Å². The summed E-state index contributed by atoms with van der Waals surface area (Å²) >= 11 is 0. The first-order chi connectivity index (χ1) is 14.1. The number of benzene rings is 2. The fraction of sp³-hybridized carbons (Fsp3) is 0.0952. The van der Waals surface area contributed by atoms with E-state index < -0.39 is 24.4 Å². The summed E-state index contributed by atoms with van der Waals surface area (Å²) in [5, 5.41) is 4.93. The van der Waals surface area contributed by atoms with E-state index in [2.05, 4.69) is 10.6 Å². The number of carbonyl (C=O) groups excluding carboxylic acids is 3. The number of ether oxygens (including phenoxy) is 2. The molecule has 0 spiro atoms. The molecule has 0 aliphatic carbocycles. The topological polar surface area (TPSA) is 107 Å². The molecule has 0 bridgehead atoms.